The van der Waals surface area contributed by atoms with Crippen LogP contribution in [0, 0.1) is 40.4 Å². The number of hydrogen-bond donors (Lipinski definition) is 0. The average molecular weight is 284 g/mol. The molecule has 0 aliphatic heterocycles. The minimum atomic E-state index is 0.580. The molecule has 0 heteroatoms. The van der Waals surface area contributed by atoms with Crippen molar-refractivity contribution in [1.29, 1.82) is 0 Å². The van der Waals surface area contributed by atoms with E-state index in [1.165, 1.54) is 51.4 Å². The highest BCUT2D eigenvalue weighted by molar-refractivity contribution is 5.14. The Bertz CT molecular complexity index is 461. The van der Waals surface area contributed by atoms with Crippen molar-refractivity contribution in [1.82, 2.24) is 0 Å². The molecule has 0 nitrogen and oxygen atoms in total. The highest BCUT2D eigenvalue weighted by Crippen LogP contribution is 2.66. The molecule has 4 aliphatic carbocycles. The molecule has 116 valence electrons. The second-order valence-electron chi connectivity index (χ2n) is 9.00. The molecule has 0 radical (unpaired) electrons. The third-order valence-electron chi connectivity index (χ3n) is 8.52. The molecule has 0 spiro atoms. The van der Waals surface area contributed by atoms with E-state index in [0.717, 1.165) is 29.6 Å². The van der Waals surface area contributed by atoms with Gasteiger partial charge in [0.15, 0.2) is 0 Å². The second kappa shape index (κ2) is 4.74. The minimum absolute atomic E-state index is 0.580. The summed E-state index contributed by atoms with van der Waals surface area (Å²) in [6, 6.07) is 0. The van der Waals surface area contributed by atoms with Gasteiger partial charge >= 0.3 is 0 Å². The summed E-state index contributed by atoms with van der Waals surface area (Å²) < 4.78 is 0. The Morgan fingerprint density at radius 1 is 0.952 bits per heavy atom. The molecule has 0 N–H and O–H groups in total. The fraction of sp³-hybridized carbons (Fsp3) is 0.810. The SMILES string of the molecule is C=CC1CC[C@H]2[C@@H]3CCC4C=CCC[C@]4(C)[C@H]3CC[C@]12C. The van der Waals surface area contributed by atoms with Gasteiger partial charge in [0, 0.05) is 0 Å². The van der Waals surface area contributed by atoms with Crippen LogP contribution in [0.2, 0.25) is 0 Å². The zero-order chi connectivity index (χ0) is 14.7. The molecule has 0 aromatic rings. The molecule has 3 saturated carbocycles. The standard InChI is InChI=1S/C21H32/c1-4-15-9-11-18-17-10-8-16-7-5-6-13-20(16,2)19(17)12-14-21(15,18)3/h4-5,7,15-19H,1,6,8-14H2,2-3H3/t15?,16?,17-,18-,19-,20-,21+/m0/s1. The molecular weight excluding hydrogens is 252 g/mol. The monoisotopic (exact) mass is 284 g/mol. The van der Waals surface area contributed by atoms with Gasteiger partial charge in [-0.1, -0.05) is 32.1 Å². The molecule has 0 heterocycles. The van der Waals surface area contributed by atoms with Crippen molar-refractivity contribution in [3.05, 3.63) is 24.8 Å². The topological polar surface area (TPSA) is 0 Å². The maximum Gasteiger partial charge on any atom is -0.0177 e. The van der Waals surface area contributed by atoms with E-state index in [1.54, 1.807) is 0 Å². The average Bonchev–Trinajstić information content (AvgIpc) is 2.83. The Morgan fingerprint density at radius 3 is 2.57 bits per heavy atom. The van der Waals surface area contributed by atoms with Crippen LogP contribution in [0.25, 0.3) is 0 Å². The molecule has 2 unspecified atom stereocenters. The van der Waals surface area contributed by atoms with Crippen molar-refractivity contribution in [3.63, 3.8) is 0 Å². The largest absolute Gasteiger partial charge is 0.103 e. The highest BCUT2D eigenvalue weighted by Gasteiger charge is 2.58. The Balaban J connectivity index is 1.66. The van der Waals surface area contributed by atoms with Gasteiger partial charge in [-0.2, -0.15) is 0 Å². The first kappa shape index (κ1) is 14.1. The number of allylic oxidation sites excluding steroid dienone is 3. The van der Waals surface area contributed by atoms with Crippen molar-refractivity contribution in [2.75, 3.05) is 0 Å². The normalized spacial score (nSPS) is 55.4. The van der Waals surface area contributed by atoms with Crippen molar-refractivity contribution < 1.29 is 0 Å². The third kappa shape index (κ3) is 1.80. The number of rotatable bonds is 1. The van der Waals surface area contributed by atoms with E-state index in [0.29, 0.717) is 10.8 Å². The van der Waals surface area contributed by atoms with E-state index in [1.807, 2.05) is 0 Å². The van der Waals surface area contributed by atoms with Gasteiger partial charge in [-0.05, 0) is 91.8 Å². The highest BCUT2D eigenvalue weighted by atomic mass is 14.6. The zero-order valence-corrected chi connectivity index (χ0v) is 14.0. The van der Waals surface area contributed by atoms with Gasteiger partial charge in [-0.3, -0.25) is 0 Å². The van der Waals surface area contributed by atoms with E-state index in [-0.39, 0.29) is 0 Å². The van der Waals surface area contributed by atoms with Gasteiger partial charge < -0.3 is 0 Å². The predicted octanol–water partition coefficient (Wildman–Crippen LogP) is 6.00. The predicted molar refractivity (Wildman–Crippen MR) is 89.9 cm³/mol. The quantitative estimate of drug-likeness (QED) is 0.518. The first-order valence-corrected chi connectivity index (χ1v) is 9.39. The fourth-order valence-electron chi connectivity index (χ4n) is 7.26. The number of fused-ring (bicyclic) bond motifs is 5. The summed E-state index contributed by atoms with van der Waals surface area (Å²) >= 11 is 0. The summed E-state index contributed by atoms with van der Waals surface area (Å²) in [4.78, 5) is 0. The van der Waals surface area contributed by atoms with Crippen LogP contribution in [-0.2, 0) is 0 Å². The lowest BCUT2D eigenvalue weighted by Gasteiger charge is -2.59. The molecule has 0 bridgehead atoms. The summed E-state index contributed by atoms with van der Waals surface area (Å²) in [7, 11) is 0. The Kier molecular flexibility index (Phi) is 3.18. The van der Waals surface area contributed by atoms with Crippen LogP contribution < -0.4 is 0 Å². The molecule has 21 heavy (non-hydrogen) atoms. The molecule has 4 aliphatic rings. The van der Waals surface area contributed by atoms with Crippen LogP contribution >= 0.6 is 0 Å². The summed E-state index contributed by atoms with van der Waals surface area (Å²) in [5, 5.41) is 0. The van der Waals surface area contributed by atoms with Crippen LogP contribution in [0.1, 0.15) is 65.2 Å². The van der Waals surface area contributed by atoms with Crippen molar-refractivity contribution in [2.24, 2.45) is 40.4 Å². The van der Waals surface area contributed by atoms with Crippen molar-refractivity contribution >= 4 is 0 Å². The first-order chi connectivity index (χ1) is 10.1. The van der Waals surface area contributed by atoms with E-state index >= 15 is 0 Å². The molecule has 7 atom stereocenters. The van der Waals surface area contributed by atoms with E-state index < -0.39 is 0 Å². The maximum atomic E-state index is 4.15. The summed E-state index contributed by atoms with van der Waals surface area (Å²) in [5.41, 5.74) is 1.20. The summed E-state index contributed by atoms with van der Waals surface area (Å²) in [6.45, 7) is 9.39. The lowest BCUT2D eigenvalue weighted by Crippen LogP contribution is -2.51. The number of hydrogen-bond acceptors (Lipinski definition) is 0. The van der Waals surface area contributed by atoms with Crippen molar-refractivity contribution in [3.8, 4) is 0 Å². The molecule has 0 saturated heterocycles. The molecule has 0 aromatic carbocycles. The molecular formula is C21H32. The van der Waals surface area contributed by atoms with Gasteiger partial charge in [0.2, 0.25) is 0 Å². The Hall–Kier alpha value is -0.520. The summed E-state index contributed by atoms with van der Waals surface area (Å²) in [6.07, 6.45) is 18.9. The summed E-state index contributed by atoms with van der Waals surface area (Å²) in [5.74, 6) is 4.68. The van der Waals surface area contributed by atoms with Gasteiger partial charge in [0.1, 0.15) is 0 Å². The van der Waals surface area contributed by atoms with E-state index in [9.17, 15) is 0 Å². The lowest BCUT2D eigenvalue weighted by molar-refractivity contribution is -0.0868. The second-order valence-corrected chi connectivity index (χ2v) is 9.00. The molecule has 0 amide bonds. The molecule has 3 fully saturated rings. The Morgan fingerprint density at radius 2 is 1.76 bits per heavy atom. The minimum Gasteiger partial charge on any atom is -0.103 e. The van der Waals surface area contributed by atoms with Crippen LogP contribution in [-0.4, -0.2) is 0 Å². The zero-order valence-electron chi connectivity index (χ0n) is 14.0. The van der Waals surface area contributed by atoms with Crippen LogP contribution in [0.5, 0.6) is 0 Å². The van der Waals surface area contributed by atoms with Gasteiger partial charge in [0.25, 0.3) is 0 Å². The fourth-order valence-corrected chi connectivity index (χ4v) is 7.26. The van der Waals surface area contributed by atoms with E-state index in [4.69, 9.17) is 0 Å². The molecule has 4 rings (SSSR count). The van der Waals surface area contributed by atoms with Crippen molar-refractivity contribution in [2.45, 2.75) is 65.2 Å². The lowest BCUT2D eigenvalue weighted by atomic mass is 9.45. The van der Waals surface area contributed by atoms with Gasteiger partial charge in [-0.15, -0.1) is 6.58 Å². The Labute approximate surface area is 131 Å². The van der Waals surface area contributed by atoms with E-state index in [2.05, 4.69) is 38.7 Å². The van der Waals surface area contributed by atoms with Crippen LogP contribution in [0.15, 0.2) is 24.8 Å². The maximum absolute atomic E-state index is 4.15. The third-order valence-corrected chi connectivity index (χ3v) is 8.52. The first-order valence-electron chi connectivity index (χ1n) is 9.39. The van der Waals surface area contributed by atoms with Gasteiger partial charge in [-0.25, -0.2) is 0 Å². The molecule has 0 aromatic heterocycles. The van der Waals surface area contributed by atoms with Crippen LogP contribution in [0.4, 0.5) is 0 Å². The van der Waals surface area contributed by atoms with Gasteiger partial charge in [0.05, 0.1) is 0 Å². The smallest absolute Gasteiger partial charge is 0.0177 e. The van der Waals surface area contributed by atoms with Crippen LogP contribution in [0.3, 0.4) is 0 Å².